The van der Waals surface area contributed by atoms with Crippen LogP contribution in [0.5, 0.6) is 0 Å². The number of hydrogen-bond acceptors (Lipinski definition) is 28. The molecule has 0 aromatic rings. The first kappa shape index (κ1) is 68.1. The van der Waals surface area contributed by atoms with Crippen molar-refractivity contribution in [2.24, 2.45) is 0 Å². The summed E-state index contributed by atoms with van der Waals surface area (Å²) in [6, 6.07) is 0. The van der Waals surface area contributed by atoms with Crippen LogP contribution < -0.4 is 103 Å². The van der Waals surface area contributed by atoms with E-state index in [1.54, 1.807) is 0 Å². The van der Waals surface area contributed by atoms with Crippen molar-refractivity contribution in [3.63, 3.8) is 0 Å². The average molecular weight is 1220 g/mol. The summed E-state index contributed by atoms with van der Waals surface area (Å²) in [6.07, 6.45) is 0. The Morgan fingerprint density at radius 1 is 0.184 bits per heavy atom. The first-order valence-electron chi connectivity index (χ1n) is 5.11. The van der Waals surface area contributed by atoms with Crippen LogP contribution in [0.2, 0.25) is 0 Å². The van der Waals surface area contributed by atoms with Gasteiger partial charge in [0.05, 0.1) is 0 Å². The standard InChI is InChI=1S/7H3O4P.3Re/c7*1-5(2,3)4;;;/h7*(H3,1,2,3,4);;;/p-21. The molecule has 0 heterocycles. The summed E-state index contributed by atoms with van der Waals surface area (Å²) in [5.41, 5.74) is 0. The van der Waals surface area contributed by atoms with Crippen molar-refractivity contribution in [1.82, 2.24) is 0 Å². The molecule has 0 aromatic heterocycles. The quantitative estimate of drug-likeness (QED) is 0.203. The molecule has 0 N–H and O–H groups in total. The Hall–Kier alpha value is 2.76. The summed E-state index contributed by atoms with van der Waals surface area (Å²) in [4.78, 5) is 180. The zero-order valence-corrected chi connectivity index (χ0v) is 30.1. The average Bonchev–Trinajstić information content (AvgIpc) is 2.06. The van der Waals surface area contributed by atoms with Gasteiger partial charge in [0, 0.05) is 61.3 Å². The summed E-state index contributed by atoms with van der Waals surface area (Å²) >= 11 is 0. The maximum atomic E-state index is 8.55. The molecule has 38 heteroatoms. The predicted molar refractivity (Wildman–Crippen MR) is 53.2 cm³/mol. The molecule has 28 nitrogen and oxygen atoms in total. The van der Waals surface area contributed by atoms with Gasteiger partial charge in [0.25, 0.3) is 0 Å². The van der Waals surface area contributed by atoms with Gasteiger partial charge in [-0.3, -0.25) is 0 Å². The third-order valence-electron chi connectivity index (χ3n) is 0. The van der Waals surface area contributed by atoms with Crippen molar-refractivity contribution in [1.29, 1.82) is 0 Å². The Labute approximate surface area is 249 Å². The third kappa shape index (κ3) is 7270. The number of hydrogen-bond donors (Lipinski definition) is 0. The van der Waals surface area contributed by atoms with Crippen molar-refractivity contribution < 1.29 is 196 Å². The Morgan fingerprint density at radius 2 is 0.184 bits per heavy atom. The van der Waals surface area contributed by atoms with Gasteiger partial charge in [-0.25, -0.2) is 0 Å². The molecular formula is O28P7Re3-21. The molecule has 0 aliphatic heterocycles. The van der Waals surface area contributed by atoms with Gasteiger partial charge in [-0.05, 0) is 0 Å². The maximum Gasteiger partial charge on any atom is 0 e. The van der Waals surface area contributed by atoms with Crippen molar-refractivity contribution >= 4 is 54.8 Å². The maximum absolute atomic E-state index is 8.55. The van der Waals surface area contributed by atoms with Crippen LogP contribution >= 0.6 is 54.8 Å². The van der Waals surface area contributed by atoms with Crippen molar-refractivity contribution in [3.05, 3.63) is 0 Å². The minimum Gasteiger partial charge on any atom is -0.822 e. The van der Waals surface area contributed by atoms with E-state index in [9.17, 15) is 0 Å². The van der Waals surface area contributed by atoms with Crippen LogP contribution in [0, 0.1) is 0 Å². The van der Waals surface area contributed by atoms with E-state index in [0.717, 1.165) is 0 Å². The SMILES string of the molecule is O=P([O-])([O-])[O-].O=P([O-])([O-])[O-].O=P([O-])([O-])[O-].O=P([O-])([O-])[O-].O=P([O-])([O-])[O-].O=P([O-])([O-])[O-].O=P([O-])([O-])[O-].[Re].[Re].[Re]. The molecule has 0 aliphatic rings. The van der Waals surface area contributed by atoms with Gasteiger partial charge in [-0.2, -0.15) is 54.8 Å². The van der Waals surface area contributed by atoms with E-state index in [4.69, 9.17) is 135 Å². The molecule has 245 valence electrons. The summed E-state index contributed by atoms with van der Waals surface area (Å²) in [6.45, 7) is 0. The van der Waals surface area contributed by atoms with E-state index in [1.807, 2.05) is 0 Å². The van der Waals surface area contributed by atoms with Gasteiger partial charge in [-0.15, -0.1) is 0 Å². The van der Waals surface area contributed by atoms with Crippen LogP contribution in [-0.2, 0) is 93.2 Å². The molecule has 38 heavy (non-hydrogen) atoms. The van der Waals surface area contributed by atoms with Crippen LogP contribution in [0.4, 0.5) is 0 Å². The van der Waals surface area contributed by atoms with Gasteiger partial charge in [0.1, 0.15) is 0 Å². The Morgan fingerprint density at radius 3 is 0.184 bits per heavy atom. The molecule has 0 atom stereocenters. The van der Waals surface area contributed by atoms with Crippen LogP contribution in [0.25, 0.3) is 0 Å². The van der Waals surface area contributed by atoms with Gasteiger partial charge >= 0.3 is 0 Å². The van der Waals surface area contributed by atoms with E-state index >= 15 is 0 Å². The molecule has 3 radical (unpaired) electrons. The van der Waals surface area contributed by atoms with E-state index in [-0.39, 0.29) is 61.3 Å². The van der Waals surface area contributed by atoms with Crippen molar-refractivity contribution in [3.8, 4) is 0 Å². The number of rotatable bonds is 0. The third-order valence-corrected chi connectivity index (χ3v) is 0. The number of phosphoric acid groups is 7. The zero-order chi connectivity index (χ0) is 31.5. The second kappa shape index (κ2) is 29.8. The first-order valence-corrected chi connectivity index (χ1v) is 15.3. The van der Waals surface area contributed by atoms with Gasteiger partial charge in [-0.1, -0.05) is 0 Å². The zero-order valence-electron chi connectivity index (χ0n) is 15.7. The smallest absolute Gasteiger partial charge is 0 e. The molecule has 0 unspecified atom stereocenters. The predicted octanol–water partition coefficient (Wildman–Crippen LogP) is -19.8. The van der Waals surface area contributed by atoms with Crippen LogP contribution in [0.1, 0.15) is 0 Å². The molecule has 0 spiro atoms. The van der Waals surface area contributed by atoms with Crippen LogP contribution in [-0.4, -0.2) is 0 Å². The Bertz CT molecular complexity index is 560. The van der Waals surface area contributed by atoms with Gasteiger partial charge in [0.15, 0.2) is 0 Å². The van der Waals surface area contributed by atoms with E-state index in [1.165, 1.54) is 0 Å². The fourth-order valence-electron chi connectivity index (χ4n) is 0. The molecule has 0 amide bonds. The Balaban J connectivity index is -0.0000000297. The van der Waals surface area contributed by atoms with Crippen molar-refractivity contribution in [2.75, 3.05) is 0 Å². The van der Waals surface area contributed by atoms with E-state index in [0.29, 0.717) is 0 Å². The molecule has 0 saturated heterocycles. The molecule has 0 rings (SSSR count). The van der Waals surface area contributed by atoms with Crippen molar-refractivity contribution in [2.45, 2.75) is 0 Å². The second-order valence-corrected chi connectivity index (χ2v) is 9.39. The molecule has 0 fully saturated rings. The summed E-state index contributed by atoms with van der Waals surface area (Å²) < 4.78 is 59.8. The summed E-state index contributed by atoms with van der Waals surface area (Å²) in [5, 5.41) is 0. The monoisotopic (exact) mass is 1230 g/mol. The van der Waals surface area contributed by atoms with Crippen LogP contribution in [0.3, 0.4) is 0 Å². The first-order chi connectivity index (χ1) is 14.0. The normalized spacial score (nSPS) is 10.9. The topological polar surface area (TPSA) is 604 Å². The van der Waals surface area contributed by atoms with E-state index in [2.05, 4.69) is 0 Å². The van der Waals surface area contributed by atoms with Gasteiger partial charge < -0.3 is 135 Å². The minimum absolute atomic E-state index is 0. The van der Waals surface area contributed by atoms with E-state index < -0.39 is 54.8 Å². The van der Waals surface area contributed by atoms with Gasteiger partial charge in [0.2, 0.25) is 0 Å². The fourth-order valence-corrected chi connectivity index (χ4v) is 0. The summed E-state index contributed by atoms with van der Waals surface area (Å²) in [5.74, 6) is 0. The Kier molecular flexibility index (Phi) is 53.4. The minimum atomic E-state index is -5.39. The largest absolute Gasteiger partial charge is 0.822 e. The molecule has 0 aromatic carbocycles. The van der Waals surface area contributed by atoms with Crippen LogP contribution in [0.15, 0.2) is 0 Å². The molecule has 0 saturated carbocycles. The fraction of sp³-hybridized carbons (Fsp3) is 0. The second-order valence-electron chi connectivity index (χ2n) is 3.13. The molecular weight excluding hydrogens is 1220 g/mol. The molecule has 0 aliphatic carbocycles. The summed E-state index contributed by atoms with van der Waals surface area (Å²) in [7, 11) is -37.7. The molecule has 0 bridgehead atoms.